The van der Waals surface area contributed by atoms with Gasteiger partial charge in [-0.1, -0.05) is 0 Å². The zero-order chi connectivity index (χ0) is 11.3. The lowest BCUT2D eigenvalue weighted by molar-refractivity contribution is 0.592. The van der Waals surface area contributed by atoms with Gasteiger partial charge in [0.2, 0.25) is 10.0 Å². The van der Waals surface area contributed by atoms with E-state index in [0.29, 0.717) is 19.5 Å². The topological polar surface area (TPSA) is 103 Å². The van der Waals surface area contributed by atoms with Gasteiger partial charge in [0, 0.05) is 26.6 Å². The Balaban J connectivity index is 2.12. The van der Waals surface area contributed by atoms with Gasteiger partial charge in [0.05, 0.1) is 5.75 Å². The van der Waals surface area contributed by atoms with Gasteiger partial charge in [-0.2, -0.15) is 5.10 Å². The van der Waals surface area contributed by atoms with E-state index in [2.05, 4.69) is 15.4 Å². The van der Waals surface area contributed by atoms with E-state index in [1.807, 2.05) is 0 Å². The Morgan fingerprint density at radius 2 is 2.27 bits per heavy atom. The molecule has 0 aliphatic rings. The fraction of sp³-hybridized carbons (Fsp3) is 0.714. The second-order valence-electron chi connectivity index (χ2n) is 3.20. The van der Waals surface area contributed by atoms with Crippen LogP contribution in [-0.2, 0) is 23.5 Å². The second kappa shape index (κ2) is 5.19. The van der Waals surface area contributed by atoms with E-state index >= 15 is 0 Å². The second-order valence-corrected chi connectivity index (χ2v) is 4.94. The predicted molar refractivity (Wildman–Crippen MR) is 55.6 cm³/mol. The van der Waals surface area contributed by atoms with Crippen molar-refractivity contribution in [3.05, 3.63) is 12.2 Å². The molecule has 0 aromatic carbocycles. The number of aromatic nitrogens is 3. The number of rotatable bonds is 6. The summed E-state index contributed by atoms with van der Waals surface area (Å²) in [5, 5.41) is 11.9. The van der Waals surface area contributed by atoms with Crippen LogP contribution in [0.1, 0.15) is 5.82 Å². The monoisotopic (exact) mass is 233 g/mol. The third-order valence-electron chi connectivity index (χ3n) is 1.74. The number of primary sulfonamides is 1. The van der Waals surface area contributed by atoms with Crippen LogP contribution >= 0.6 is 0 Å². The van der Waals surface area contributed by atoms with Gasteiger partial charge in [-0.15, -0.1) is 0 Å². The van der Waals surface area contributed by atoms with Gasteiger partial charge in [0.1, 0.15) is 6.33 Å². The molecule has 86 valence electrons. The number of sulfonamides is 1. The van der Waals surface area contributed by atoms with Gasteiger partial charge in [0.15, 0.2) is 5.82 Å². The smallest absolute Gasteiger partial charge is 0.210 e. The Morgan fingerprint density at radius 3 is 2.80 bits per heavy atom. The number of nitrogens with zero attached hydrogens (tertiary/aromatic N) is 3. The van der Waals surface area contributed by atoms with Crippen LogP contribution in [0.4, 0.5) is 0 Å². The van der Waals surface area contributed by atoms with E-state index in [1.54, 1.807) is 18.1 Å². The molecule has 1 aromatic rings. The summed E-state index contributed by atoms with van der Waals surface area (Å²) in [4.78, 5) is 4.03. The summed E-state index contributed by atoms with van der Waals surface area (Å²) in [6.45, 7) is 0.991. The highest BCUT2D eigenvalue weighted by molar-refractivity contribution is 7.89. The molecule has 0 saturated heterocycles. The van der Waals surface area contributed by atoms with Crippen LogP contribution in [0.25, 0.3) is 0 Å². The van der Waals surface area contributed by atoms with Crippen LogP contribution in [0.15, 0.2) is 6.33 Å². The highest BCUT2D eigenvalue weighted by atomic mass is 32.2. The highest BCUT2D eigenvalue weighted by Gasteiger charge is 2.02. The average Bonchev–Trinajstić information content (AvgIpc) is 2.49. The van der Waals surface area contributed by atoms with Crippen molar-refractivity contribution in [2.24, 2.45) is 12.2 Å². The molecule has 15 heavy (non-hydrogen) atoms. The molecule has 1 aromatic heterocycles. The van der Waals surface area contributed by atoms with E-state index in [1.165, 1.54) is 0 Å². The first-order chi connectivity index (χ1) is 6.97. The minimum Gasteiger partial charge on any atom is -0.315 e. The predicted octanol–water partition coefficient (Wildman–Crippen LogP) is -1.76. The Hall–Kier alpha value is -0.990. The summed E-state index contributed by atoms with van der Waals surface area (Å²) in [5.41, 5.74) is 0. The fourth-order valence-electron chi connectivity index (χ4n) is 1.04. The lowest BCUT2D eigenvalue weighted by atomic mass is 10.4. The van der Waals surface area contributed by atoms with Crippen molar-refractivity contribution in [3.63, 3.8) is 0 Å². The minimum atomic E-state index is -3.36. The molecule has 1 rings (SSSR count). The summed E-state index contributed by atoms with van der Waals surface area (Å²) >= 11 is 0. The quantitative estimate of drug-likeness (QED) is 0.566. The standard InChI is InChI=1S/C7H15N5O2S/c1-12-6-10-7(11-12)2-3-9-4-5-15(8,13)14/h6,9H,2-5H2,1H3,(H2,8,13,14). The van der Waals surface area contributed by atoms with Gasteiger partial charge < -0.3 is 5.32 Å². The first-order valence-electron chi connectivity index (χ1n) is 4.53. The average molecular weight is 233 g/mol. The number of hydrogen-bond acceptors (Lipinski definition) is 5. The van der Waals surface area contributed by atoms with Crippen LogP contribution in [-0.4, -0.2) is 42.0 Å². The van der Waals surface area contributed by atoms with Gasteiger partial charge in [-0.25, -0.2) is 18.5 Å². The largest absolute Gasteiger partial charge is 0.315 e. The van der Waals surface area contributed by atoms with Gasteiger partial charge >= 0.3 is 0 Å². The maximum atomic E-state index is 10.6. The van der Waals surface area contributed by atoms with Gasteiger partial charge in [-0.05, 0) is 0 Å². The Bertz CT molecular complexity index is 399. The number of aryl methyl sites for hydroxylation is 1. The van der Waals surface area contributed by atoms with E-state index in [-0.39, 0.29) is 5.75 Å². The van der Waals surface area contributed by atoms with Gasteiger partial charge in [0.25, 0.3) is 0 Å². The van der Waals surface area contributed by atoms with Gasteiger partial charge in [-0.3, -0.25) is 4.68 Å². The van der Waals surface area contributed by atoms with E-state index in [4.69, 9.17) is 5.14 Å². The third kappa shape index (κ3) is 5.45. The molecule has 0 amide bonds. The molecule has 0 unspecified atom stereocenters. The molecular weight excluding hydrogens is 218 g/mol. The molecule has 0 fully saturated rings. The number of nitrogens with two attached hydrogens (primary N) is 1. The molecule has 7 nitrogen and oxygen atoms in total. The number of nitrogens with one attached hydrogen (secondary N) is 1. The summed E-state index contributed by atoms with van der Waals surface area (Å²) in [6, 6.07) is 0. The molecule has 0 aliphatic carbocycles. The highest BCUT2D eigenvalue weighted by Crippen LogP contribution is 1.87. The lowest BCUT2D eigenvalue weighted by Crippen LogP contribution is -2.28. The SMILES string of the molecule is Cn1cnc(CCNCCS(N)(=O)=O)n1. The van der Waals surface area contributed by atoms with Crippen LogP contribution in [0.5, 0.6) is 0 Å². The minimum absolute atomic E-state index is 0.0529. The first-order valence-corrected chi connectivity index (χ1v) is 6.24. The summed E-state index contributed by atoms with van der Waals surface area (Å²) in [6.07, 6.45) is 2.30. The molecule has 0 radical (unpaired) electrons. The van der Waals surface area contributed by atoms with Crippen molar-refractivity contribution in [2.75, 3.05) is 18.8 Å². The van der Waals surface area contributed by atoms with E-state index < -0.39 is 10.0 Å². The molecular formula is C7H15N5O2S. The molecule has 0 aliphatic heterocycles. The van der Waals surface area contributed by atoms with Crippen LogP contribution < -0.4 is 10.5 Å². The molecule has 0 atom stereocenters. The Morgan fingerprint density at radius 1 is 1.53 bits per heavy atom. The van der Waals surface area contributed by atoms with Crippen molar-refractivity contribution < 1.29 is 8.42 Å². The summed E-state index contributed by atoms with van der Waals surface area (Å²) in [5.74, 6) is 0.684. The van der Waals surface area contributed by atoms with Crippen LogP contribution in [0, 0.1) is 0 Å². The zero-order valence-corrected chi connectivity index (χ0v) is 9.37. The van der Waals surface area contributed by atoms with Crippen LogP contribution in [0.2, 0.25) is 0 Å². The van der Waals surface area contributed by atoms with E-state index in [0.717, 1.165) is 5.82 Å². The Kier molecular flexibility index (Phi) is 4.18. The lowest BCUT2D eigenvalue weighted by Gasteiger charge is -2.00. The Labute approximate surface area is 88.7 Å². The van der Waals surface area contributed by atoms with E-state index in [9.17, 15) is 8.42 Å². The van der Waals surface area contributed by atoms with Crippen molar-refractivity contribution in [1.82, 2.24) is 20.1 Å². The third-order valence-corrected chi connectivity index (χ3v) is 2.51. The van der Waals surface area contributed by atoms with Crippen molar-refractivity contribution in [1.29, 1.82) is 0 Å². The zero-order valence-electron chi connectivity index (χ0n) is 8.55. The molecule has 8 heteroatoms. The van der Waals surface area contributed by atoms with Crippen molar-refractivity contribution in [2.45, 2.75) is 6.42 Å². The molecule has 0 bridgehead atoms. The molecule has 3 N–H and O–H groups in total. The normalized spacial score (nSPS) is 11.9. The van der Waals surface area contributed by atoms with Crippen LogP contribution in [0.3, 0.4) is 0 Å². The number of hydrogen-bond donors (Lipinski definition) is 2. The van der Waals surface area contributed by atoms with Crippen molar-refractivity contribution >= 4 is 10.0 Å². The molecule has 0 saturated carbocycles. The van der Waals surface area contributed by atoms with Crippen molar-refractivity contribution in [3.8, 4) is 0 Å². The first kappa shape index (κ1) is 12.1. The summed E-state index contributed by atoms with van der Waals surface area (Å²) in [7, 11) is -1.57. The fourth-order valence-corrected chi connectivity index (χ4v) is 1.47. The maximum Gasteiger partial charge on any atom is 0.210 e. The summed E-state index contributed by atoms with van der Waals surface area (Å²) < 4.78 is 22.8. The maximum absolute atomic E-state index is 10.6. The molecule has 1 heterocycles. The molecule has 0 spiro atoms.